The number of rotatable bonds is 14. The van der Waals surface area contributed by atoms with Crippen molar-refractivity contribution in [1.29, 1.82) is 0 Å². The molecule has 0 bridgehead atoms. The molecule has 384 valence electrons. The van der Waals surface area contributed by atoms with Crippen LogP contribution in [0, 0.1) is 17.2 Å². The molecule has 1 atom stereocenters. The number of aromatic nitrogens is 3. The maximum Gasteiger partial charge on any atom is 0.276 e. The Morgan fingerprint density at radius 2 is 1.44 bits per heavy atom. The van der Waals surface area contributed by atoms with Crippen molar-refractivity contribution in [2.45, 2.75) is 44.6 Å². The number of anilines is 5. The van der Waals surface area contributed by atoms with Gasteiger partial charge in [-0.2, -0.15) is 0 Å². The molecule has 4 aliphatic heterocycles. The van der Waals surface area contributed by atoms with Crippen molar-refractivity contribution in [2.24, 2.45) is 11.3 Å². The van der Waals surface area contributed by atoms with E-state index in [1.54, 1.807) is 60.8 Å². The predicted octanol–water partition coefficient (Wildman–Crippen LogP) is 6.49. The zero-order valence-electron chi connectivity index (χ0n) is 41.1. The SMILES string of the molecule is COc1cc2c(Oc3ccc(NC(=O)C4(C(=O)Nc5ccc(F)cc5)CC4)cc3)ccnc2cc1NC(=O)c1ccc(N2CCC(CN3CCN(c4ccc5c(c4)C(=O)N(C4CCCNC4=O)C5=O)CC3)CC2)nn1. The van der Waals surface area contributed by atoms with Gasteiger partial charge in [-0.1, -0.05) is 0 Å². The van der Waals surface area contributed by atoms with Gasteiger partial charge in [0.15, 0.2) is 11.5 Å². The zero-order valence-corrected chi connectivity index (χ0v) is 41.1. The minimum atomic E-state index is -1.20. The Bertz CT molecular complexity index is 3210. The van der Waals surface area contributed by atoms with Gasteiger partial charge in [0.05, 0.1) is 29.4 Å². The van der Waals surface area contributed by atoms with Gasteiger partial charge in [-0.25, -0.2) is 4.39 Å². The maximum absolute atomic E-state index is 13.5. The van der Waals surface area contributed by atoms with Gasteiger partial charge < -0.3 is 40.5 Å². The first-order valence-corrected chi connectivity index (χ1v) is 25.2. The van der Waals surface area contributed by atoms with Crippen molar-refractivity contribution in [3.05, 3.63) is 126 Å². The second-order valence-electron chi connectivity index (χ2n) is 19.6. The molecule has 0 radical (unpaired) electrons. The second kappa shape index (κ2) is 20.4. The third-order valence-electron chi connectivity index (χ3n) is 14.9. The van der Waals surface area contributed by atoms with Crippen molar-refractivity contribution >= 4 is 74.9 Å². The summed E-state index contributed by atoms with van der Waals surface area (Å²) in [5.74, 6) is -0.312. The molecule has 20 heteroatoms. The van der Waals surface area contributed by atoms with E-state index < -0.39 is 46.8 Å². The van der Waals surface area contributed by atoms with Crippen LogP contribution in [0.15, 0.2) is 103 Å². The molecule has 2 aromatic heterocycles. The lowest BCUT2D eigenvalue weighted by Gasteiger charge is -2.39. The smallest absolute Gasteiger partial charge is 0.276 e. The van der Waals surface area contributed by atoms with Crippen LogP contribution in [0.4, 0.5) is 33.0 Å². The lowest BCUT2D eigenvalue weighted by molar-refractivity contribution is -0.131. The van der Waals surface area contributed by atoms with Gasteiger partial charge in [0.1, 0.15) is 34.5 Å². The number of fused-ring (bicyclic) bond motifs is 2. The fraction of sp³-hybridized carbons (Fsp3) is 0.327. The van der Waals surface area contributed by atoms with Gasteiger partial charge in [0, 0.05) is 81.0 Å². The molecule has 4 aromatic carbocycles. The summed E-state index contributed by atoms with van der Waals surface area (Å²) in [5, 5.41) is 20.6. The summed E-state index contributed by atoms with van der Waals surface area (Å²) in [5.41, 5.74) is 2.35. The average molecular weight is 1020 g/mol. The first-order valence-electron chi connectivity index (χ1n) is 25.2. The fourth-order valence-electron chi connectivity index (χ4n) is 10.4. The van der Waals surface area contributed by atoms with Crippen molar-refractivity contribution in [1.82, 2.24) is 30.3 Å². The summed E-state index contributed by atoms with van der Waals surface area (Å²) < 4.78 is 25.3. The molecular weight excluding hydrogens is 962 g/mol. The number of ether oxygens (including phenoxy) is 2. The van der Waals surface area contributed by atoms with Gasteiger partial charge in [0.2, 0.25) is 17.7 Å². The number of amides is 6. The minimum absolute atomic E-state index is 0.135. The van der Waals surface area contributed by atoms with Crippen molar-refractivity contribution < 1.29 is 42.6 Å². The molecule has 1 aliphatic carbocycles. The number of imide groups is 1. The largest absolute Gasteiger partial charge is 0.495 e. The lowest BCUT2D eigenvalue weighted by atomic mass is 9.96. The highest BCUT2D eigenvalue weighted by molar-refractivity contribution is 6.23. The van der Waals surface area contributed by atoms with Crippen LogP contribution < -0.4 is 40.5 Å². The maximum atomic E-state index is 13.5. The standard InChI is InChI=1S/C55H54FN11O8/c1-74-47-30-41-43(57-22-16-46(41)75-38-11-8-36(9-12-38)60-54(73)55(19-20-55)53(72)59-35-6-4-34(56)5-7-35)31-44(47)61-49(68)42-14-15-48(63-62-42)66-23-17-33(18-24-66)32-64-25-27-65(28-26-64)37-10-13-39-40(29-37)52(71)67(51(39)70)45-3-2-21-58-50(45)69/h4-16,22,29-31,33,45H,2-3,17-21,23-28,32H2,1H3,(H,58,69)(H,59,72)(H,60,73)(H,61,68). The van der Waals surface area contributed by atoms with Gasteiger partial charge >= 0.3 is 0 Å². The van der Waals surface area contributed by atoms with Crippen LogP contribution in [-0.2, 0) is 14.4 Å². The molecule has 11 rings (SSSR count). The fourth-order valence-corrected chi connectivity index (χ4v) is 10.4. The van der Waals surface area contributed by atoms with Crippen LogP contribution in [0.25, 0.3) is 10.9 Å². The Morgan fingerprint density at radius 3 is 2.11 bits per heavy atom. The van der Waals surface area contributed by atoms with E-state index in [0.29, 0.717) is 93.9 Å². The highest BCUT2D eigenvalue weighted by Gasteiger charge is 2.56. The Morgan fingerprint density at radius 1 is 0.733 bits per heavy atom. The molecule has 6 amide bonds. The lowest BCUT2D eigenvalue weighted by Crippen LogP contribution is -2.52. The molecule has 1 unspecified atom stereocenters. The second-order valence-corrected chi connectivity index (χ2v) is 19.6. The van der Waals surface area contributed by atoms with E-state index in [2.05, 4.69) is 51.1 Å². The highest BCUT2D eigenvalue weighted by Crippen LogP contribution is 2.48. The summed E-state index contributed by atoms with van der Waals surface area (Å²) in [6.07, 6.45) is 5.56. The number of nitrogens with one attached hydrogen (secondary N) is 4. The van der Waals surface area contributed by atoms with Gasteiger partial charge in [0.25, 0.3) is 17.7 Å². The molecule has 5 aliphatic rings. The topological polar surface area (TPSA) is 221 Å². The summed E-state index contributed by atoms with van der Waals surface area (Å²) in [6.45, 7) is 6.50. The van der Waals surface area contributed by atoms with E-state index in [1.807, 2.05) is 18.2 Å². The number of piperazine rings is 1. The van der Waals surface area contributed by atoms with Crippen LogP contribution in [0.5, 0.6) is 17.2 Å². The number of nitrogens with zero attached hydrogens (tertiary/aromatic N) is 7. The minimum Gasteiger partial charge on any atom is -0.495 e. The van der Waals surface area contributed by atoms with Gasteiger partial charge in [-0.3, -0.25) is 43.6 Å². The third kappa shape index (κ3) is 9.99. The van der Waals surface area contributed by atoms with E-state index in [1.165, 1.54) is 31.4 Å². The quantitative estimate of drug-likeness (QED) is 0.0678. The molecule has 6 aromatic rings. The first kappa shape index (κ1) is 48.7. The number of carbonyl (C=O) groups excluding carboxylic acids is 6. The Balaban J connectivity index is 0.646. The molecule has 1 saturated carbocycles. The van der Waals surface area contributed by atoms with E-state index in [-0.39, 0.29) is 11.6 Å². The number of halogens is 1. The van der Waals surface area contributed by atoms with E-state index in [9.17, 15) is 33.2 Å². The predicted molar refractivity (Wildman–Crippen MR) is 277 cm³/mol. The van der Waals surface area contributed by atoms with Crippen LogP contribution >= 0.6 is 0 Å². The number of carbonyl (C=O) groups is 6. The molecule has 3 saturated heterocycles. The van der Waals surface area contributed by atoms with Crippen LogP contribution in [0.3, 0.4) is 0 Å². The highest BCUT2D eigenvalue weighted by atomic mass is 19.1. The van der Waals surface area contributed by atoms with E-state index in [4.69, 9.17) is 9.47 Å². The van der Waals surface area contributed by atoms with E-state index in [0.717, 1.165) is 75.7 Å². The summed E-state index contributed by atoms with van der Waals surface area (Å²) in [7, 11) is 1.50. The van der Waals surface area contributed by atoms with Crippen molar-refractivity contribution in [3.63, 3.8) is 0 Å². The number of piperidine rings is 2. The Hall–Kier alpha value is -8.52. The van der Waals surface area contributed by atoms with Crippen LogP contribution in [0.2, 0.25) is 0 Å². The summed E-state index contributed by atoms with van der Waals surface area (Å²) in [6, 6.07) is 25.4. The Kier molecular flexibility index (Phi) is 13.3. The van der Waals surface area contributed by atoms with E-state index >= 15 is 0 Å². The Labute approximate surface area is 430 Å². The molecule has 19 nitrogen and oxygen atoms in total. The molecule has 4 N–H and O–H groups in total. The molecular formula is C55H54FN11O8. The van der Waals surface area contributed by atoms with Crippen molar-refractivity contribution in [2.75, 3.05) is 85.2 Å². The van der Waals surface area contributed by atoms with Crippen LogP contribution in [0.1, 0.15) is 69.7 Å². The molecule has 4 fully saturated rings. The number of hydrogen-bond donors (Lipinski definition) is 4. The first-order chi connectivity index (χ1) is 36.4. The van der Waals surface area contributed by atoms with Crippen LogP contribution in [-0.4, -0.2) is 126 Å². The molecule has 0 spiro atoms. The summed E-state index contributed by atoms with van der Waals surface area (Å²) in [4.78, 5) is 91.4. The van der Waals surface area contributed by atoms with Gasteiger partial charge in [-0.15, -0.1) is 10.2 Å². The normalized spacial score (nSPS) is 18.6. The molecule has 75 heavy (non-hydrogen) atoms. The summed E-state index contributed by atoms with van der Waals surface area (Å²) >= 11 is 0. The molecule has 6 heterocycles. The third-order valence-corrected chi connectivity index (χ3v) is 14.9. The number of hydrogen-bond acceptors (Lipinski definition) is 14. The zero-order chi connectivity index (χ0) is 51.8. The number of methoxy groups -OCH3 is 1. The monoisotopic (exact) mass is 1020 g/mol. The van der Waals surface area contributed by atoms with Gasteiger partial charge in [-0.05, 0) is 142 Å². The number of pyridine rings is 1. The average Bonchev–Trinajstić information content (AvgIpc) is 4.22. The number of benzene rings is 4. The van der Waals surface area contributed by atoms with Crippen molar-refractivity contribution in [3.8, 4) is 17.2 Å².